The number of aryl methyl sites for hydroxylation is 1. The van der Waals surface area contributed by atoms with E-state index in [1.165, 1.54) is 12.1 Å². The lowest BCUT2D eigenvalue weighted by molar-refractivity contribution is -0.130. The number of halogens is 2. The van der Waals surface area contributed by atoms with Gasteiger partial charge in [0.2, 0.25) is 5.91 Å². The van der Waals surface area contributed by atoms with E-state index in [-0.39, 0.29) is 11.7 Å². The third-order valence-electron chi connectivity index (χ3n) is 3.47. The molecular formula is C15H20F2N2O2. The Morgan fingerprint density at radius 1 is 1.24 bits per heavy atom. The highest BCUT2D eigenvalue weighted by Gasteiger charge is 2.14. The minimum atomic E-state index is -2.81. The van der Waals surface area contributed by atoms with Gasteiger partial charge in [-0.15, -0.1) is 0 Å². The monoisotopic (exact) mass is 298 g/mol. The summed E-state index contributed by atoms with van der Waals surface area (Å²) in [4.78, 5) is 14.0. The molecule has 0 bridgehead atoms. The second kappa shape index (κ2) is 7.93. The molecule has 1 amide bonds. The van der Waals surface area contributed by atoms with Crippen LogP contribution in [0.2, 0.25) is 0 Å². The van der Waals surface area contributed by atoms with Gasteiger partial charge in [0.15, 0.2) is 0 Å². The lowest BCUT2D eigenvalue weighted by Gasteiger charge is -2.19. The van der Waals surface area contributed by atoms with Crippen molar-refractivity contribution in [3.63, 3.8) is 0 Å². The van der Waals surface area contributed by atoms with E-state index < -0.39 is 6.61 Å². The van der Waals surface area contributed by atoms with Gasteiger partial charge in [0.05, 0.1) is 0 Å². The van der Waals surface area contributed by atoms with Gasteiger partial charge in [0, 0.05) is 26.1 Å². The number of hydrogen-bond acceptors (Lipinski definition) is 3. The number of hydrogen-bond donors (Lipinski definition) is 1. The SMILES string of the molecule is O=C(CCc1ccc(OC(F)F)cc1)N1CCCNCC1. The van der Waals surface area contributed by atoms with Crippen LogP contribution < -0.4 is 10.1 Å². The molecule has 21 heavy (non-hydrogen) atoms. The van der Waals surface area contributed by atoms with E-state index in [0.717, 1.165) is 38.2 Å². The maximum atomic E-state index is 12.1. The van der Waals surface area contributed by atoms with Gasteiger partial charge in [-0.3, -0.25) is 4.79 Å². The number of ether oxygens (including phenoxy) is 1. The third kappa shape index (κ3) is 5.30. The third-order valence-corrected chi connectivity index (χ3v) is 3.47. The first-order valence-corrected chi connectivity index (χ1v) is 7.17. The summed E-state index contributed by atoms with van der Waals surface area (Å²) in [6, 6.07) is 6.44. The van der Waals surface area contributed by atoms with Crippen molar-refractivity contribution in [3.8, 4) is 5.75 Å². The molecule has 0 atom stereocenters. The van der Waals surface area contributed by atoms with Crippen LogP contribution in [0.25, 0.3) is 0 Å². The average molecular weight is 298 g/mol. The normalized spacial score (nSPS) is 15.9. The van der Waals surface area contributed by atoms with E-state index in [4.69, 9.17) is 0 Å². The number of carbonyl (C=O) groups is 1. The fraction of sp³-hybridized carbons (Fsp3) is 0.533. The molecule has 6 heteroatoms. The Hall–Kier alpha value is -1.69. The highest BCUT2D eigenvalue weighted by molar-refractivity contribution is 5.76. The van der Waals surface area contributed by atoms with Gasteiger partial charge in [0.25, 0.3) is 0 Å². The maximum Gasteiger partial charge on any atom is 0.387 e. The summed E-state index contributed by atoms with van der Waals surface area (Å²) in [5.41, 5.74) is 0.943. The Morgan fingerprint density at radius 2 is 2.00 bits per heavy atom. The molecule has 1 N–H and O–H groups in total. The predicted molar refractivity (Wildman–Crippen MR) is 75.5 cm³/mol. The Labute approximate surface area is 123 Å². The molecule has 0 unspecified atom stereocenters. The molecule has 2 rings (SSSR count). The number of amides is 1. The molecule has 1 aromatic carbocycles. The molecule has 1 heterocycles. The van der Waals surface area contributed by atoms with Gasteiger partial charge >= 0.3 is 6.61 Å². The first kappa shape index (κ1) is 15.7. The highest BCUT2D eigenvalue weighted by atomic mass is 19.3. The molecule has 4 nitrogen and oxygen atoms in total. The Balaban J connectivity index is 1.80. The van der Waals surface area contributed by atoms with E-state index in [1.807, 2.05) is 4.90 Å². The molecule has 0 radical (unpaired) electrons. The summed E-state index contributed by atoms with van der Waals surface area (Å²) >= 11 is 0. The van der Waals surface area contributed by atoms with Crippen LogP contribution in [-0.2, 0) is 11.2 Å². The summed E-state index contributed by atoms with van der Waals surface area (Å²) in [7, 11) is 0. The first-order valence-electron chi connectivity index (χ1n) is 7.17. The van der Waals surface area contributed by atoms with E-state index in [9.17, 15) is 13.6 Å². The van der Waals surface area contributed by atoms with Crippen LogP contribution in [-0.4, -0.2) is 43.6 Å². The fourth-order valence-corrected chi connectivity index (χ4v) is 2.34. The van der Waals surface area contributed by atoms with Crippen LogP contribution in [0.3, 0.4) is 0 Å². The van der Waals surface area contributed by atoms with E-state index in [1.54, 1.807) is 12.1 Å². The topological polar surface area (TPSA) is 41.6 Å². The lowest BCUT2D eigenvalue weighted by Crippen LogP contribution is -2.34. The number of nitrogens with one attached hydrogen (secondary N) is 1. The minimum absolute atomic E-state index is 0.138. The second-order valence-electron chi connectivity index (χ2n) is 5.01. The van der Waals surface area contributed by atoms with Gasteiger partial charge in [-0.05, 0) is 37.1 Å². The Morgan fingerprint density at radius 3 is 2.71 bits per heavy atom. The second-order valence-corrected chi connectivity index (χ2v) is 5.01. The van der Waals surface area contributed by atoms with Crippen LogP contribution in [0, 0.1) is 0 Å². The van der Waals surface area contributed by atoms with Crippen molar-refractivity contribution < 1.29 is 18.3 Å². The van der Waals surface area contributed by atoms with E-state index in [0.29, 0.717) is 12.8 Å². The lowest BCUT2D eigenvalue weighted by atomic mass is 10.1. The van der Waals surface area contributed by atoms with Crippen LogP contribution in [0.1, 0.15) is 18.4 Å². The van der Waals surface area contributed by atoms with Crippen molar-refractivity contribution in [1.29, 1.82) is 0 Å². The Kier molecular flexibility index (Phi) is 5.92. The zero-order chi connectivity index (χ0) is 15.1. The van der Waals surface area contributed by atoms with Gasteiger partial charge in [0.1, 0.15) is 5.75 Å². The molecule has 1 aromatic rings. The van der Waals surface area contributed by atoms with Crippen molar-refractivity contribution in [3.05, 3.63) is 29.8 Å². The molecule has 1 aliphatic rings. The molecule has 1 saturated heterocycles. The summed E-state index contributed by atoms with van der Waals surface area (Å²) in [5, 5.41) is 3.26. The summed E-state index contributed by atoms with van der Waals surface area (Å²) < 4.78 is 28.4. The van der Waals surface area contributed by atoms with E-state index >= 15 is 0 Å². The van der Waals surface area contributed by atoms with Crippen molar-refractivity contribution in [1.82, 2.24) is 10.2 Å². The number of rotatable bonds is 5. The number of benzene rings is 1. The van der Waals surface area contributed by atoms with Gasteiger partial charge in [-0.25, -0.2) is 0 Å². The van der Waals surface area contributed by atoms with Crippen LogP contribution in [0.5, 0.6) is 5.75 Å². The molecule has 0 aliphatic carbocycles. The van der Waals surface area contributed by atoms with Crippen molar-refractivity contribution in [2.75, 3.05) is 26.2 Å². The van der Waals surface area contributed by atoms with Crippen molar-refractivity contribution in [2.24, 2.45) is 0 Å². The molecule has 1 fully saturated rings. The number of carbonyl (C=O) groups excluding carboxylic acids is 1. The maximum absolute atomic E-state index is 12.1. The molecule has 0 aromatic heterocycles. The van der Waals surface area contributed by atoms with Crippen LogP contribution >= 0.6 is 0 Å². The van der Waals surface area contributed by atoms with Gasteiger partial charge < -0.3 is 15.0 Å². The fourth-order valence-electron chi connectivity index (χ4n) is 2.34. The average Bonchev–Trinajstić information content (AvgIpc) is 2.75. The van der Waals surface area contributed by atoms with Gasteiger partial charge in [-0.1, -0.05) is 12.1 Å². The molecule has 116 valence electrons. The molecular weight excluding hydrogens is 278 g/mol. The summed E-state index contributed by atoms with van der Waals surface area (Å²) in [6.45, 7) is 0.530. The predicted octanol–water partition coefficient (Wildman–Crippen LogP) is 2.04. The molecule has 0 spiro atoms. The molecule has 0 saturated carbocycles. The van der Waals surface area contributed by atoms with Crippen LogP contribution in [0.15, 0.2) is 24.3 Å². The Bertz CT molecular complexity index is 443. The highest BCUT2D eigenvalue weighted by Crippen LogP contribution is 2.16. The smallest absolute Gasteiger partial charge is 0.387 e. The van der Waals surface area contributed by atoms with E-state index in [2.05, 4.69) is 10.1 Å². The van der Waals surface area contributed by atoms with Crippen molar-refractivity contribution in [2.45, 2.75) is 25.9 Å². The first-order chi connectivity index (χ1) is 10.1. The minimum Gasteiger partial charge on any atom is -0.435 e. The standard InChI is InChI=1S/C15H20F2N2O2/c16-15(17)21-13-5-2-12(3-6-13)4-7-14(20)19-10-1-8-18-9-11-19/h2-3,5-6,15,18H,1,4,7-11H2. The van der Waals surface area contributed by atoms with Crippen molar-refractivity contribution >= 4 is 5.91 Å². The number of alkyl halides is 2. The zero-order valence-corrected chi connectivity index (χ0v) is 11.9. The van der Waals surface area contributed by atoms with Crippen LogP contribution in [0.4, 0.5) is 8.78 Å². The van der Waals surface area contributed by atoms with Gasteiger partial charge in [-0.2, -0.15) is 8.78 Å². The summed E-state index contributed by atoms with van der Waals surface area (Å²) in [6.07, 6.45) is 2.03. The number of nitrogens with zero attached hydrogens (tertiary/aromatic N) is 1. The molecule has 1 aliphatic heterocycles. The quantitative estimate of drug-likeness (QED) is 0.904. The zero-order valence-electron chi connectivity index (χ0n) is 11.9. The summed E-state index contributed by atoms with van der Waals surface area (Å²) in [5.74, 6) is 0.283. The largest absolute Gasteiger partial charge is 0.435 e.